The molecule has 25 atom stereocenters. The average Bonchev–Trinajstić information content (AvgIpc) is 0.770. The Bertz CT molecular complexity index is 4020. The summed E-state index contributed by atoms with van der Waals surface area (Å²) in [4.78, 5) is 40.4. The minimum Gasteiger partial charge on any atom is -0.497 e. The van der Waals surface area contributed by atoms with E-state index in [4.69, 9.17) is 94.7 Å². The molecule has 5 aliphatic rings. The summed E-state index contributed by atoms with van der Waals surface area (Å²) in [5.74, 6) is -2.07. The van der Waals surface area contributed by atoms with Crippen molar-refractivity contribution in [2.75, 3.05) is 40.1 Å². The zero-order valence-corrected chi connectivity index (χ0v) is 63.9. The number of rotatable bonds is 37. The molecule has 5 fully saturated rings. The molecule has 7 aromatic carbocycles. The topological polar surface area (TPSA) is 377 Å². The van der Waals surface area contributed by atoms with Crippen molar-refractivity contribution in [3.8, 4) is 11.5 Å². The van der Waals surface area contributed by atoms with E-state index < -0.39 is 191 Å². The molecule has 5 heterocycles. The van der Waals surface area contributed by atoms with Crippen LogP contribution in [0.5, 0.6) is 11.5 Å². The minimum absolute atomic E-state index is 0.00466. The van der Waals surface area contributed by atoms with E-state index in [-0.39, 0.29) is 58.6 Å². The Hall–Kier alpha value is -8.33. The number of hydrogen-bond donors (Lipinski definition) is 7. The maximum absolute atomic E-state index is 13.6. The molecule has 5 saturated heterocycles. The molecule has 0 saturated carbocycles. The van der Waals surface area contributed by atoms with Gasteiger partial charge in [-0.05, 0) is 57.6 Å². The third kappa shape index (κ3) is 23.3. The fourth-order valence-electron chi connectivity index (χ4n) is 14.2. The number of methoxy groups -OCH3 is 1. The largest absolute Gasteiger partial charge is 0.497 e. The van der Waals surface area contributed by atoms with Gasteiger partial charge in [0.15, 0.2) is 43.5 Å². The molecule has 30 nitrogen and oxygen atoms in total. The SMILES string of the molecule is COc1ccc(O[C@H]2O[C@H](CO[C@H]3O[C@H](CO)[C@@H](O)[C@H](O)[C@@H]3O[C@H]3O[C@H](COCc4ccccc4)[C@@H](OCc4ccccc4)[C@H](OCc4ccccc4)[C@@H]3OC(C)=O)[C@@H](O[C@H]3O[C@H](CO)[C@@H](O)[C@H](O)[C@@H]3O[C@H]3O[C@H](COCc4ccccc4)[C@@H](OCc4ccccc4)[C@H](OCc4ccccc4)[C@@H]3OC(C)=O)[C@H](O)[C@H]2OC(C)=O)cc1. The Morgan fingerprint density at radius 3 is 0.974 bits per heavy atom. The average molecular weight is 1600 g/mol. The highest BCUT2D eigenvalue weighted by atomic mass is 16.8. The lowest BCUT2D eigenvalue weighted by molar-refractivity contribution is -0.394. The van der Waals surface area contributed by atoms with E-state index in [1.807, 2.05) is 182 Å². The quantitative estimate of drug-likeness (QED) is 0.0194. The van der Waals surface area contributed by atoms with Crippen molar-refractivity contribution in [3.63, 3.8) is 0 Å². The second-order valence-electron chi connectivity index (χ2n) is 28.2. The van der Waals surface area contributed by atoms with E-state index in [2.05, 4.69) is 0 Å². The smallest absolute Gasteiger partial charge is 0.303 e. The van der Waals surface area contributed by atoms with E-state index >= 15 is 0 Å². The van der Waals surface area contributed by atoms with Gasteiger partial charge in [-0.2, -0.15) is 0 Å². The predicted molar refractivity (Wildman–Crippen MR) is 401 cm³/mol. The van der Waals surface area contributed by atoms with Crippen LogP contribution in [0, 0.1) is 0 Å². The van der Waals surface area contributed by atoms with Gasteiger partial charge in [-0.1, -0.05) is 182 Å². The van der Waals surface area contributed by atoms with Crippen LogP contribution < -0.4 is 9.47 Å². The summed E-state index contributed by atoms with van der Waals surface area (Å²) < 4.78 is 130. The van der Waals surface area contributed by atoms with Gasteiger partial charge >= 0.3 is 17.9 Å². The first-order valence-corrected chi connectivity index (χ1v) is 38.1. The molecule has 115 heavy (non-hydrogen) atoms. The standard InChI is InChI=1S/C85H100O30/c1-50(88)104-76-70(95)71(113-83-75(69(94)67(92)62(40-87)109-83)115-85-80(106-52(3)90)78(102-46-58-33-21-10-22-34-58)73(100-44-56-29-17-8-18-30-56)64(111-85)48-98-42-54-25-13-6-14-26-54)65(112-82(76)107-60-37-35-59(96-4)36-38-60)49-103-81-74(68(93)66(91)61(39-86)108-81)114-84-79(105-51(2)89)77(101-45-57-31-19-9-20-32-57)72(99-43-55-27-15-7-16-28-55)63(110-84)47-97-41-53-23-11-5-12-24-53/h5-38,61-87,91-95H,39-49H2,1-4H3/t61-,62-,63-,64-,65-,66-,67-,68+,69+,70+,71-,72-,73-,74+,75+,76-,77+,78+,79+,80+,81+,82+,83-,84-,85-/m1/s1. The lowest BCUT2D eigenvalue weighted by atomic mass is 9.95. The second-order valence-corrected chi connectivity index (χ2v) is 28.2. The molecule has 7 aromatic rings. The lowest BCUT2D eigenvalue weighted by Crippen LogP contribution is -2.68. The Kier molecular flexibility index (Phi) is 31.9. The van der Waals surface area contributed by atoms with Gasteiger partial charge in [0.1, 0.15) is 115 Å². The normalized spacial score (nSPS) is 31.5. The first-order valence-electron chi connectivity index (χ1n) is 38.1. The van der Waals surface area contributed by atoms with Gasteiger partial charge in [0, 0.05) is 20.8 Å². The number of aliphatic hydroxyl groups excluding tert-OH is 7. The first-order chi connectivity index (χ1) is 55.9. The van der Waals surface area contributed by atoms with Crippen LogP contribution in [0.3, 0.4) is 0 Å². The van der Waals surface area contributed by atoms with Crippen molar-refractivity contribution in [2.45, 2.75) is 214 Å². The number of hydrogen-bond acceptors (Lipinski definition) is 30. The Morgan fingerprint density at radius 1 is 0.296 bits per heavy atom. The van der Waals surface area contributed by atoms with Crippen LogP contribution >= 0.6 is 0 Å². The summed E-state index contributed by atoms with van der Waals surface area (Å²) in [7, 11) is 1.45. The molecule has 5 aliphatic heterocycles. The predicted octanol–water partition coefficient (Wildman–Crippen LogP) is 5.23. The molecule has 620 valence electrons. The highest BCUT2D eigenvalue weighted by molar-refractivity contribution is 5.67. The molecule has 0 aliphatic carbocycles. The molecule has 7 N–H and O–H groups in total. The Morgan fingerprint density at radius 2 is 0.600 bits per heavy atom. The second kappa shape index (κ2) is 42.7. The summed E-state index contributed by atoms with van der Waals surface area (Å²) in [5, 5.41) is 83.5. The highest BCUT2D eigenvalue weighted by Crippen LogP contribution is 2.40. The molecule has 0 spiro atoms. The van der Waals surface area contributed by atoms with Gasteiger partial charge in [-0.3, -0.25) is 14.4 Å². The number of benzene rings is 7. The number of esters is 3. The molecule has 0 amide bonds. The van der Waals surface area contributed by atoms with Gasteiger partial charge in [0.2, 0.25) is 6.29 Å². The monoisotopic (exact) mass is 1600 g/mol. The fourth-order valence-corrected chi connectivity index (χ4v) is 14.2. The van der Waals surface area contributed by atoms with Crippen LogP contribution in [0.4, 0.5) is 0 Å². The Balaban J connectivity index is 0.895. The van der Waals surface area contributed by atoms with E-state index in [9.17, 15) is 50.1 Å². The molecule has 0 radical (unpaired) electrons. The van der Waals surface area contributed by atoms with Crippen molar-refractivity contribution < 1.29 is 145 Å². The first kappa shape index (κ1) is 86.0. The van der Waals surface area contributed by atoms with Crippen LogP contribution in [0.25, 0.3) is 0 Å². The van der Waals surface area contributed by atoms with Crippen LogP contribution in [-0.2, 0) is 139 Å². The van der Waals surface area contributed by atoms with Crippen molar-refractivity contribution in [1.82, 2.24) is 0 Å². The van der Waals surface area contributed by atoms with Gasteiger partial charge in [0.05, 0.1) is 79.8 Å². The maximum atomic E-state index is 13.6. The van der Waals surface area contributed by atoms with E-state index in [1.165, 1.54) is 19.2 Å². The molecule has 0 aromatic heterocycles. The summed E-state index contributed by atoms with van der Waals surface area (Å²) in [5.41, 5.74) is 4.60. The van der Waals surface area contributed by atoms with Crippen molar-refractivity contribution >= 4 is 17.9 Å². The summed E-state index contributed by atoms with van der Waals surface area (Å²) in [6, 6.07) is 61.5. The fraction of sp³-hybridized carbons (Fsp3) is 0.471. The van der Waals surface area contributed by atoms with Crippen LogP contribution in [0.2, 0.25) is 0 Å². The lowest BCUT2D eigenvalue weighted by Gasteiger charge is -2.50. The van der Waals surface area contributed by atoms with Gasteiger partial charge in [0.25, 0.3) is 0 Å². The van der Waals surface area contributed by atoms with Gasteiger partial charge in [-0.15, -0.1) is 0 Å². The van der Waals surface area contributed by atoms with E-state index in [1.54, 1.807) is 12.1 Å². The third-order valence-electron chi connectivity index (χ3n) is 19.9. The number of ether oxygens (including phenoxy) is 20. The summed E-state index contributed by atoms with van der Waals surface area (Å²) >= 11 is 0. The summed E-state index contributed by atoms with van der Waals surface area (Å²) in [6.45, 7) is 0.369. The van der Waals surface area contributed by atoms with Crippen LogP contribution in [0.15, 0.2) is 206 Å². The van der Waals surface area contributed by atoms with E-state index in [0.717, 1.165) is 48.6 Å². The molecule has 0 unspecified atom stereocenters. The third-order valence-corrected chi connectivity index (χ3v) is 19.9. The molecular weight excluding hydrogens is 1500 g/mol. The van der Waals surface area contributed by atoms with Crippen molar-refractivity contribution in [3.05, 3.63) is 240 Å². The molecule has 30 heteroatoms. The van der Waals surface area contributed by atoms with Crippen molar-refractivity contribution in [2.24, 2.45) is 0 Å². The Labute approximate surface area is 665 Å². The van der Waals surface area contributed by atoms with Crippen LogP contribution in [-0.4, -0.2) is 247 Å². The number of carbonyl (C=O) groups is 3. The number of aliphatic hydroxyl groups is 7. The van der Waals surface area contributed by atoms with Crippen molar-refractivity contribution in [1.29, 1.82) is 0 Å². The van der Waals surface area contributed by atoms with Crippen LogP contribution in [0.1, 0.15) is 54.2 Å². The molecule has 0 bridgehead atoms. The number of carbonyl (C=O) groups excluding carboxylic acids is 3. The van der Waals surface area contributed by atoms with Gasteiger partial charge in [-0.25, -0.2) is 0 Å². The zero-order valence-electron chi connectivity index (χ0n) is 63.9. The highest BCUT2D eigenvalue weighted by Gasteiger charge is 2.59. The molecule has 12 rings (SSSR count). The minimum atomic E-state index is -2.11. The van der Waals surface area contributed by atoms with E-state index in [0.29, 0.717) is 11.3 Å². The molecular formula is C85H100O30. The maximum Gasteiger partial charge on any atom is 0.303 e. The van der Waals surface area contributed by atoms with Gasteiger partial charge < -0.3 is 130 Å². The summed E-state index contributed by atoms with van der Waals surface area (Å²) in [6.07, 6.45) is -42.2. The zero-order chi connectivity index (χ0) is 80.7.